The van der Waals surface area contributed by atoms with Gasteiger partial charge in [-0.2, -0.15) is 0 Å². The minimum absolute atomic E-state index is 0.240. The Labute approximate surface area is 673 Å². The molecular weight excluding hydrogens is 1410 g/mol. The summed E-state index contributed by atoms with van der Waals surface area (Å²) in [6.07, 6.45) is 70.1. The predicted octanol–water partition coefficient (Wildman–Crippen LogP) is 17.3. The maximum Gasteiger partial charge on any atom is 0.220 e. The Kier molecular flexibility index (Phi) is 65.4. The molecule has 646 valence electrons. The summed E-state index contributed by atoms with van der Waals surface area (Å²) in [7, 11) is 0. The lowest BCUT2D eigenvalue weighted by molar-refractivity contribution is -0.379. The Morgan fingerprint density at radius 2 is 0.622 bits per heavy atom. The number of hydrogen-bond donors (Lipinski definition) is 12. The maximum absolute atomic E-state index is 13.5. The van der Waals surface area contributed by atoms with Crippen molar-refractivity contribution < 1.29 is 89.4 Å². The van der Waals surface area contributed by atoms with Crippen molar-refractivity contribution in [2.45, 2.75) is 465 Å². The third-order valence-corrected chi connectivity index (χ3v) is 22.2. The normalized spacial score (nSPS) is 25.4. The Balaban J connectivity index is 1.33. The van der Waals surface area contributed by atoms with Crippen molar-refractivity contribution in [3.63, 3.8) is 0 Å². The number of nitrogens with one attached hydrogen (secondary N) is 1. The smallest absolute Gasteiger partial charge is 0.220 e. The molecule has 3 saturated heterocycles. The average Bonchev–Trinajstić information content (AvgIpc) is 0.780. The van der Waals surface area contributed by atoms with Gasteiger partial charge in [-0.3, -0.25) is 4.79 Å². The molecule has 3 fully saturated rings. The van der Waals surface area contributed by atoms with Crippen LogP contribution in [-0.4, -0.2) is 193 Å². The zero-order chi connectivity index (χ0) is 80.3. The Bertz CT molecular complexity index is 2330. The highest BCUT2D eigenvalue weighted by molar-refractivity contribution is 5.76. The lowest BCUT2D eigenvalue weighted by Crippen LogP contribution is -2.66. The van der Waals surface area contributed by atoms with Crippen molar-refractivity contribution in [2.24, 2.45) is 0 Å². The van der Waals surface area contributed by atoms with E-state index in [1.54, 1.807) is 6.08 Å². The second kappa shape index (κ2) is 71.1. The van der Waals surface area contributed by atoms with Gasteiger partial charge in [0, 0.05) is 6.42 Å². The summed E-state index contributed by atoms with van der Waals surface area (Å²) in [5.74, 6) is -0.274. The first-order valence-corrected chi connectivity index (χ1v) is 45.3. The van der Waals surface area contributed by atoms with E-state index in [1.807, 2.05) is 6.08 Å². The second-order valence-electron chi connectivity index (χ2n) is 32.0. The van der Waals surface area contributed by atoms with Crippen LogP contribution in [0.4, 0.5) is 0 Å². The third kappa shape index (κ3) is 49.7. The monoisotopic (exact) mass is 1570 g/mol. The lowest BCUT2D eigenvalue weighted by Gasteiger charge is -2.48. The van der Waals surface area contributed by atoms with E-state index in [0.717, 1.165) is 89.9 Å². The molecule has 19 nitrogen and oxygen atoms in total. The van der Waals surface area contributed by atoms with Crippen LogP contribution in [-0.2, 0) is 33.2 Å². The number of hydrogen-bond acceptors (Lipinski definition) is 18. The van der Waals surface area contributed by atoms with Gasteiger partial charge in [0.1, 0.15) is 73.2 Å². The summed E-state index contributed by atoms with van der Waals surface area (Å²) in [6, 6.07) is -0.980. The molecule has 17 atom stereocenters. The molecule has 0 aromatic carbocycles. The molecule has 0 aromatic rings. The number of unbranched alkanes of at least 4 members (excludes halogenated alkanes) is 45. The summed E-state index contributed by atoms with van der Waals surface area (Å²) in [6.45, 7) is 1.67. The number of ether oxygens (including phenoxy) is 6. The van der Waals surface area contributed by atoms with Crippen LogP contribution in [0, 0.1) is 0 Å². The predicted molar refractivity (Wildman–Crippen MR) is 448 cm³/mol. The van der Waals surface area contributed by atoms with Gasteiger partial charge in [-0.15, -0.1) is 0 Å². The van der Waals surface area contributed by atoms with Gasteiger partial charge in [0.15, 0.2) is 18.9 Å². The van der Waals surface area contributed by atoms with E-state index < -0.39 is 124 Å². The summed E-state index contributed by atoms with van der Waals surface area (Å²) in [5.41, 5.74) is 0. The van der Waals surface area contributed by atoms with Gasteiger partial charge in [0.05, 0.1) is 38.6 Å². The number of aliphatic hydroxyl groups excluding tert-OH is 11. The molecule has 0 spiro atoms. The molecule has 3 heterocycles. The van der Waals surface area contributed by atoms with Crippen LogP contribution in [0.2, 0.25) is 0 Å². The van der Waals surface area contributed by atoms with Gasteiger partial charge in [-0.1, -0.05) is 369 Å². The van der Waals surface area contributed by atoms with E-state index in [-0.39, 0.29) is 18.9 Å². The van der Waals surface area contributed by atoms with Gasteiger partial charge in [-0.05, 0) is 70.6 Å². The molecule has 12 N–H and O–H groups in total. The summed E-state index contributed by atoms with van der Waals surface area (Å²) < 4.78 is 34.5. The first-order chi connectivity index (χ1) is 54.3. The molecule has 0 saturated carbocycles. The summed E-state index contributed by atoms with van der Waals surface area (Å²) in [4.78, 5) is 13.5. The van der Waals surface area contributed by atoms with Crippen molar-refractivity contribution in [1.82, 2.24) is 5.32 Å². The van der Waals surface area contributed by atoms with Gasteiger partial charge in [0.25, 0.3) is 0 Å². The first kappa shape index (κ1) is 102. The zero-order valence-corrected chi connectivity index (χ0v) is 69.7. The molecule has 0 aliphatic carbocycles. The number of carbonyl (C=O) groups is 1. The number of allylic oxidation sites excluding steroid dienone is 13. The van der Waals surface area contributed by atoms with Crippen LogP contribution >= 0.6 is 0 Å². The van der Waals surface area contributed by atoms with E-state index in [0.29, 0.717) is 6.42 Å². The van der Waals surface area contributed by atoms with E-state index in [9.17, 15) is 61.0 Å². The van der Waals surface area contributed by atoms with E-state index in [4.69, 9.17) is 28.4 Å². The van der Waals surface area contributed by atoms with Crippen LogP contribution in [0.25, 0.3) is 0 Å². The van der Waals surface area contributed by atoms with E-state index in [1.165, 1.54) is 244 Å². The van der Waals surface area contributed by atoms with Crippen molar-refractivity contribution in [2.75, 3.05) is 26.4 Å². The number of aliphatic hydroxyl groups is 11. The molecule has 3 aliphatic rings. The molecular formula is C92H165NO18. The molecule has 111 heavy (non-hydrogen) atoms. The minimum Gasteiger partial charge on any atom is -0.394 e. The molecule has 0 aromatic heterocycles. The Morgan fingerprint density at radius 3 is 0.973 bits per heavy atom. The standard InChI is InChI=1S/C92H165NO18/c1-3-5-7-9-11-13-15-17-19-21-23-25-27-29-31-33-35-37-39-41-43-45-47-49-51-53-55-57-59-61-63-65-67-69-76(97)75(74-106-90-86(104)83(101)88(78(72-95)108-90)111-92-87(105)84(102)89(79(73-96)109-92)110-91-85(103)82(100)81(99)77(71-94)107-91)93-80(98)70-68-66-64-62-60-58-56-54-52-50-48-46-44-42-40-38-36-34-32-30-28-26-24-22-20-18-16-14-12-10-8-6-4-2/h6,8,12,14,18,20,24,26,30,32,36,38,67,69,75-79,81-92,94-97,99-105H,3-5,7,9-11,13,15-17,19,21-23,25,27-29,31,33-35,37,39-66,68,70-74H2,1-2H3,(H,93,98)/b8-6-,14-12-,20-18-,26-24-,32-30-,38-36-,69-67+. The molecule has 1 amide bonds. The minimum atomic E-state index is -1.98. The van der Waals surface area contributed by atoms with Gasteiger partial charge in [-0.25, -0.2) is 0 Å². The number of carbonyl (C=O) groups excluding carboxylic acids is 1. The van der Waals surface area contributed by atoms with Gasteiger partial charge >= 0.3 is 0 Å². The fourth-order valence-electron chi connectivity index (χ4n) is 15.0. The van der Waals surface area contributed by atoms with Gasteiger partial charge in [0.2, 0.25) is 5.91 Å². The lowest BCUT2D eigenvalue weighted by atomic mass is 9.96. The number of rotatable bonds is 73. The molecule has 3 rings (SSSR count). The summed E-state index contributed by atoms with van der Waals surface area (Å²) >= 11 is 0. The maximum atomic E-state index is 13.5. The van der Waals surface area contributed by atoms with Crippen molar-refractivity contribution in [3.05, 3.63) is 85.1 Å². The van der Waals surface area contributed by atoms with Crippen LogP contribution < -0.4 is 5.32 Å². The van der Waals surface area contributed by atoms with E-state index in [2.05, 4.69) is 92.1 Å². The topological polar surface area (TPSA) is 307 Å². The van der Waals surface area contributed by atoms with Crippen LogP contribution in [0.3, 0.4) is 0 Å². The number of amides is 1. The van der Waals surface area contributed by atoms with Crippen molar-refractivity contribution >= 4 is 5.91 Å². The first-order valence-electron chi connectivity index (χ1n) is 45.3. The SMILES string of the molecule is CC/C=C\C/C=C\C/C=C\C/C=C\C/C=C\C/C=C\CCCCCCCCCCCCCCCCC(=O)NC(COC1OC(CO)C(OC2OC(CO)C(OC3OC(CO)C(O)C(O)C3O)C(O)C2O)C(O)C1O)C(O)/C=C/CCCCCCCCCCCCCCCCCCCCCCCCCCCCCCCCC. The average molecular weight is 1570 g/mol. The zero-order valence-electron chi connectivity index (χ0n) is 69.7. The molecule has 0 bridgehead atoms. The van der Waals surface area contributed by atoms with Crippen LogP contribution in [0.15, 0.2) is 85.1 Å². The quantitative estimate of drug-likeness (QED) is 0.0199. The van der Waals surface area contributed by atoms with Gasteiger partial charge < -0.3 is 89.9 Å². The fourth-order valence-corrected chi connectivity index (χ4v) is 15.0. The van der Waals surface area contributed by atoms with Crippen LogP contribution in [0.5, 0.6) is 0 Å². The second-order valence-corrected chi connectivity index (χ2v) is 32.0. The molecule has 19 heteroatoms. The van der Waals surface area contributed by atoms with Crippen molar-refractivity contribution in [3.8, 4) is 0 Å². The summed E-state index contributed by atoms with van der Waals surface area (Å²) in [5, 5.41) is 121. The highest BCUT2D eigenvalue weighted by atomic mass is 16.8. The Morgan fingerprint density at radius 1 is 0.333 bits per heavy atom. The highest BCUT2D eigenvalue weighted by Gasteiger charge is 2.54. The van der Waals surface area contributed by atoms with Crippen molar-refractivity contribution in [1.29, 1.82) is 0 Å². The Hall–Kier alpha value is -3.03. The largest absolute Gasteiger partial charge is 0.394 e. The molecule has 3 aliphatic heterocycles. The highest BCUT2D eigenvalue weighted by Crippen LogP contribution is 2.34. The van der Waals surface area contributed by atoms with E-state index >= 15 is 0 Å². The molecule has 0 radical (unpaired) electrons. The third-order valence-electron chi connectivity index (χ3n) is 22.2. The molecule has 17 unspecified atom stereocenters. The fraction of sp³-hybridized carbons (Fsp3) is 0.837. The van der Waals surface area contributed by atoms with Crippen LogP contribution in [0.1, 0.15) is 361 Å².